The lowest BCUT2D eigenvalue weighted by atomic mass is 9.95. The van der Waals surface area contributed by atoms with Gasteiger partial charge >= 0.3 is 5.97 Å². The van der Waals surface area contributed by atoms with E-state index in [1.807, 2.05) is 6.92 Å². The minimum Gasteiger partial charge on any atom is -0.493 e. The predicted molar refractivity (Wildman–Crippen MR) is 122 cm³/mol. The van der Waals surface area contributed by atoms with Crippen LogP contribution in [0.4, 0.5) is 5.00 Å². The quantitative estimate of drug-likeness (QED) is 0.440. The number of hydrogen-bond donors (Lipinski definition) is 2. The molecule has 0 radical (unpaired) electrons. The molecule has 0 aliphatic heterocycles. The number of aryl methyl sites for hydroxylation is 1. The van der Waals surface area contributed by atoms with E-state index in [-0.39, 0.29) is 0 Å². The van der Waals surface area contributed by atoms with E-state index in [0.29, 0.717) is 34.2 Å². The summed E-state index contributed by atoms with van der Waals surface area (Å²) in [4.78, 5) is 37.3. The first-order valence-corrected chi connectivity index (χ1v) is 11.1. The summed E-state index contributed by atoms with van der Waals surface area (Å²) >= 11 is 1.36. The molecule has 1 heterocycles. The van der Waals surface area contributed by atoms with Gasteiger partial charge in [0.15, 0.2) is 18.1 Å². The van der Waals surface area contributed by atoms with Gasteiger partial charge in [-0.25, -0.2) is 4.79 Å². The van der Waals surface area contributed by atoms with Crippen molar-refractivity contribution in [1.29, 1.82) is 0 Å². The molecule has 0 fully saturated rings. The van der Waals surface area contributed by atoms with Gasteiger partial charge in [0.25, 0.3) is 11.8 Å². The Morgan fingerprint density at radius 2 is 1.97 bits per heavy atom. The monoisotopic (exact) mass is 458 g/mol. The average molecular weight is 459 g/mol. The number of anilines is 1. The second kappa shape index (κ2) is 10.8. The van der Waals surface area contributed by atoms with Gasteiger partial charge in [-0.2, -0.15) is 0 Å². The Labute approximate surface area is 190 Å². The number of hydrogen-bond acceptors (Lipinski definition) is 7. The van der Waals surface area contributed by atoms with Gasteiger partial charge in [0.05, 0.1) is 19.3 Å². The second-order valence-corrected chi connectivity index (χ2v) is 8.22. The zero-order valence-corrected chi connectivity index (χ0v) is 18.9. The molecule has 9 heteroatoms. The zero-order chi connectivity index (χ0) is 23.1. The van der Waals surface area contributed by atoms with Crippen LogP contribution in [0.15, 0.2) is 24.3 Å². The van der Waals surface area contributed by atoms with Crippen molar-refractivity contribution in [1.82, 2.24) is 0 Å². The number of nitrogens with one attached hydrogen (secondary N) is 1. The number of ether oxygens (including phenoxy) is 3. The van der Waals surface area contributed by atoms with Gasteiger partial charge in [0.1, 0.15) is 5.00 Å². The van der Waals surface area contributed by atoms with E-state index >= 15 is 0 Å². The molecule has 1 aromatic heterocycles. The van der Waals surface area contributed by atoms with Crippen LogP contribution in [0.2, 0.25) is 0 Å². The maximum absolute atomic E-state index is 12.3. The third-order valence-corrected chi connectivity index (χ3v) is 6.12. The molecule has 2 aromatic rings. The number of rotatable bonds is 9. The van der Waals surface area contributed by atoms with Crippen molar-refractivity contribution in [3.63, 3.8) is 0 Å². The van der Waals surface area contributed by atoms with Gasteiger partial charge in [-0.15, -0.1) is 11.3 Å². The van der Waals surface area contributed by atoms with Gasteiger partial charge in [-0.3, -0.25) is 9.59 Å². The Hall–Kier alpha value is -3.33. The molecule has 0 unspecified atom stereocenters. The van der Waals surface area contributed by atoms with Gasteiger partial charge < -0.3 is 25.3 Å². The molecule has 0 saturated carbocycles. The van der Waals surface area contributed by atoms with Crippen molar-refractivity contribution < 1.29 is 28.6 Å². The normalized spacial score (nSPS) is 12.8. The minimum atomic E-state index is -0.673. The summed E-state index contributed by atoms with van der Waals surface area (Å²) < 4.78 is 15.8. The topological polar surface area (TPSA) is 117 Å². The summed E-state index contributed by atoms with van der Waals surface area (Å²) in [5.74, 6) is -0.614. The second-order valence-electron chi connectivity index (χ2n) is 7.11. The smallest absolute Gasteiger partial charge is 0.331 e. The number of fused-ring (bicyclic) bond motifs is 1. The Bertz CT molecular complexity index is 1040. The van der Waals surface area contributed by atoms with Crippen LogP contribution in [-0.4, -0.2) is 38.1 Å². The first-order valence-electron chi connectivity index (χ1n) is 10.3. The number of nitrogens with two attached hydrogens (primary N) is 1. The molecule has 8 nitrogen and oxygen atoms in total. The van der Waals surface area contributed by atoms with Crippen LogP contribution in [0.25, 0.3) is 6.08 Å². The minimum absolute atomic E-state index is 0.369. The van der Waals surface area contributed by atoms with E-state index in [2.05, 4.69) is 5.32 Å². The van der Waals surface area contributed by atoms with Crippen LogP contribution >= 0.6 is 11.3 Å². The number of carbonyl (C=O) groups is 3. The van der Waals surface area contributed by atoms with Gasteiger partial charge in [-0.1, -0.05) is 6.07 Å². The van der Waals surface area contributed by atoms with E-state index in [4.69, 9.17) is 19.9 Å². The number of esters is 1. The van der Waals surface area contributed by atoms with Crippen molar-refractivity contribution in [2.45, 2.75) is 32.6 Å². The van der Waals surface area contributed by atoms with Gasteiger partial charge in [-0.05, 0) is 61.9 Å². The highest BCUT2D eigenvalue weighted by Gasteiger charge is 2.25. The molecule has 1 aromatic carbocycles. The largest absolute Gasteiger partial charge is 0.493 e. The first kappa shape index (κ1) is 23.3. The van der Waals surface area contributed by atoms with Crippen LogP contribution in [0.5, 0.6) is 11.5 Å². The van der Waals surface area contributed by atoms with E-state index in [1.165, 1.54) is 24.5 Å². The fourth-order valence-corrected chi connectivity index (χ4v) is 4.80. The van der Waals surface area contributed by atoms with Crippen molar-refractivity contribution in [3.05, 3.63) is 45.8 Å². The fourth-order valence-electron chi connectivity index (χ4n) is 3.49. The molecular weight excluding hydrogens is 432 g/mol. The number of amides is 2. The molecule has 0 saturated heterocycles. The van der Waals surface area contributed by atoms with Crippen LogP contribution in [0, 0.1) is 0 Å². The molecule has 0 spiro atoms. The lowest BCUT2D eigenvalue weighted by Crippen LogP contribution is -2.22. The molecule has 0 atom stereocenters. The van der Waals surface area contributed by atoms with Crippen molar-refractivity contribution in [2.75, 3.05) is 25.6 Å². The van der Waals surface area contributed by atoms with Gasteiger partial charge in [0.2, 0.25) is 0 Å². The summed E-state index contributed by atoms with van der Waals surface area (Å²) in [6.07, 6.45) is 6.45. The molecule has 2 amide bonds. The molecule has 1 aliphatic rings. The SMILES string of the molecule is CCOc1ccc(/C=C/C(=O)OCC(=O)Nc2sc3c(c2C(N)=O)CCCC3)cc1OC. The number of carbonyl (C=O) groups excluding carboxylic acids is 3. The van der Waals surface area contributed by atoms with Crippen molar-refractivity contribution in [2.24, 2.45) is 5.73 Å². The summed E-state index contributed by atoms with van der Waals surface area (Å²) in [7, 11) is 1.53. The highest BCUT2D eigenvalue weighted by molar-refractivity contribution is 7.17. The number of primary amides is 1. The van der Waals surface area contributed by atoms with E-state index < -0.39 is 24.4 Å². The van der Waals surface area contributed by atoms with Gasteiger partial charge in [0, 0.05) is 11.0 Å². The molecule has 3 rings (SSSR count). The summed E-state index contributed by atoms with van der Waals surface area (Å²) in [6.45, 7) is 1.91. The van der Waals surface area contributed by atoms with Crippen LogP contribution in [0.1, 0.15) is 46.1 Å². The molecule has 0 bridgehead atoms. The highest BCUT2D eigenvalue weighted by atomic mass is 32.1. The number of benzene rings is 1. The van der Waals surface area contributed by atoms with Crippen LogP contribution in [-0.2, 0) is 27.2 Å². The van der Waals surface area contributed by atoms with Crippen LogP contribution in [0.3, 0.4) is 0 Å². The Morgan fingerprint density at radius 3 is 2.69 bits per heavy atom. The molecule has 3 N–H and O–H groups in total. The Morgan fingerprint density at radius 1 is 1.19 bits per heavy atom. The zero-order valence-electron chi connectivity index (χ0n) is 18.1. The predicted octanol–water partition coefficient (Wildman–Crippen LogP) is 3.33. The first-order chi connectivity index (χ1) is 15.4. The summed E-state index contributed by atoms with van der Waals surface area (Å²) in [5.41, 5.74) is 7.53. The maximum atomic E-state index is 12.3. The molecule has 32 heavy (non-hydrogen) atoms. The number of methoxy groups -OCH3 is 1. The third-order valence-electron chi connectivity index (χ3n) is 4.92. The number of thiophene rings is 1. The van der Waals surface area contributed by atoms with E-state index in [1.54, 1.807) is 24.3 Å². The van der Waals surface area contributed by atoms with Crippen molar-refractivity contribution in [3.8, 4) is 11.5 Å². The lowest BCUT2D eigenvalue weighted by molar-refractivity contribution is -0.142. The standard InChI is InChI=1S/C23H26N2O6S/c1-3-30-16-10-8-14(12-17(16)29-2)9-11-20(27)31-13-19(26)25-23-21(22(24)28)15-6-4-5-7-18(15)32-23/h8-12H,3-7,13H2,1-2H3,(H2,24,28)(H,25,26)/b11-9+. The lowest BCUT2D eigenvalue weighted by Gasteiger charge is -2.11. The van der Waals surface area contributed by atoms with E-state index in [0.717, 1.165) is 36.1 Å². The highest BCUT2D eigenvalue weighted by Crippen LogP contribution is 2.37. The van der Waals surface area contributed by atoms with E-state index in [9.17, 15) is 14.4 Å². The Balaban J connectivity index is 1.57. The molecular formula is C23H26N2O6S. The summed E-state index contributed by atoms with van der Waals surface area (Å²) in [6, 6.07) is 5.25. The van der Waals surface area contributed by atoms with Crippen LogP contribution < -0.4 is 20.5 Å². The Kier molecular flexibility index (Phi) is 7.88. The maximum Gasteiger partial charge on any atom is 0.331 e. The molecule has 1 aliphatic carbocycles. The average Bonchev–Trinajstić information content (AvgIpc) is 3.15. The third kappa shape index (κ3) is 5.67. The molecule has 170 valence electrons. The fraction of sp³-hybridized carbons (Fsp3) is 0.348. The summed E-state index contributed by atoms with van der Waals surface area (Å²) in [5, 5.41) is 3.08. The van der Waals surface area contributed by atoms with Crippen molar-refractivity contribution >= 4 is 40.2 Å².